The van der Waals surface area contributed by atoms with Crippen molar-refractivity contribution in [2.24, 2.45) is 0 Å². The summed E-state index contributed by atoms with van der Waals surface area (Å²) in [4.78, 5) is 0. The highest BCUT2D eigenvalue weighted by molar-refractivity contribution is 9.09. The van der Waals surface area contributed by atoms with Gasteiger partial charge in [0.1, 0.15) is 0 Å². The Morgan fingerprint density at radius 3 is 3.00 bits per heavy atom. The maximum Gasteiger partial charge on any atom is 0.0942 e. The van der Waals surface area contributed by atoms with E-state index in [4.69, 9.17) is 4.74 Å². The summed E-state index contributed by atoms with van der Waals surface area (Å²) in [6.07, 6.45) is 5.16. The zero-order valence-electron chi connectivity index (χ0n) is 8.71. The Morgan fingerprint density at radius 1 is 1.33 bits per heavy atom. The molecule has 1 aliphatic heterocycles. The molecule has 1 fully saturated rings. The summed E-state index contributed by atoms with van der Waals surface area (Å²) in [5.41, 5.74) is 3.01. The topological polar surface area (TPSA) is 9.23 Å². The third-order valence-electron chi connectivity index (χ3n) is 3.74. The number of hydrogen-bond donors (Lipinski definition) is 0. The molecule has 2 aliphatic rings. The number of aryl methyl sites for hydroxylation is 1. The van der Waals surface area contributed by atoms with Crippen molar-refractivity contribution in [2.45, 2.75) is 37.4 Å². The van der Waals surface area contributed by atoms with Crippen LogP contribution in [0.15, 0.2) is 24.3 Å². The quantitative estimate of drug-likeness (QED) is 0.708. The van der Waals surface area contributed by atoms with Gasteiger partial charge in [-0.05, 0) is 36.8 Å². The minimum absolute atomic E-state index is 0.0645. The molecule has 0 aromatic heterocycles. The molecular formula is C13H15BrO. The maximum atomic E-state index is 6.24. The van der Waals surface area contributed by atoms with E-state index in [1.165, 1.54) is 36.8 Å². The first-order valence-corrected chi connectivity index (χ1v) is 6.78. The van der Waals surface area contributed by atoms with Crippen LogP contribution in [0.3, 0.4) is 0 Å². The number of hydrogen-bond acceptors (Lipinski definition) is 1. The normalized spacial score (nSPS) is 33.5. The fourth-order valence-electron chi connectivity index (χ4n) is 2.98. The number of benzene rings is 1. The summed E-state index contributed by atoms with van der Waals surface area (Å²) >= 11 is 3.52. The van der Waals surface area contributed by atoms with Crippen LogP contribution in [0.1, 0.15) is 30.4 Å². The maximum absolute atomic E-state index is 6.24. The second kappa shape index (κ2) is 3.60. The van der Waals surface area contributed by atoms with E-state index in [2.05, 4.69) is 40.2 Å². The van der Waals surface area contributed by atoms with Gasteiger partial charge in [-0.2, -0.15) is 0 Å². The van der Waals surface area contributed by atoms with Gasteiger partial charge >= 0.3 is 0 Å². The van der Waals surface area contributed by atoms with Crippen LogP contribution in [0, 0.1) is 0 Å². The van der Waals surface area contributed by atoms with Crippen LogP contribution in [0.4, 0.5) is 0 Å². The summed E-state index contributed by atoms with van der Waals surface area (Å²) in [6.45, 7) is 0. The molecule has 1 aliphatic carbocycles. The Balaban J connectivity index is 1.96. The lowest BCUT2D eigenvalue weighted by Gasteiger charge is -2.25. The predicted octanol–water partition coefficient (Wildman–Crippen LogP) is 3.40. The van der Waals surface area contributed by atoms with Crippen LogP contribution in [-0.4, -0.2) is 11.4 Å². The van der Waals surface area contributed by atoms with Crippen molar-refractivity contribution >= 4 is 15.9 Å². The first kappa shape index (κ1) is 9.86. The highest BCUT2D eigenvalue weighted by Gasteiger charge is 2.45. The van der Waals surface area contributed by atoms with Crippen molar-refractivity contribution in [1.29, 1.82) is 0 Å². The molecule has 1 nitrogen and oxygen atoms in total. The molecule has 1 saturated heterocycles. The van der Waals surface area contributed by atoms with Gasteiger partial charge in [0, 0.05) is 5.33 Å². The van der Waals surface area contributed by atoms with Gasteiger partial charge in [-0.1, -0.05) is 40.2 Å². The zero-order valence-corrected chi connectivity index (χ0v) is 10.3. The molecule has 80 valence electrons. The molecule has 2 unspecified atom stereocenters. The SMILES string of the molecule is BrCC1CCC2(CCc3ccccc32)O1. The zero-order chi connectivity index (χ0) is 10.3. The highest BCUT2D eigenvalue weighted by atomic mass is 79.9. The van der Waals surface area contributed by atoms with E-state index in [9.17, 15) is 0 Å². The number of rotatable bonds is 1. The van der Waals surface area contributed by atoms with Crippen LogP contribution < -0.4 is 0 Å². The molecule has 0 N–H and O–H groups in total. The van der Waals surface area contributed by atoms with Gasteiger partial charge in [0.05, 0.1) is 11.7 Å². The number of alkyl halides is 1. The summed E-state index contributed by atoms with van der Waals surface area (Å²) in [5, 5.41) is 0.969. The Hall–Kier alpha value is -0.340. The largest absolute Gasteiger partial charge is 0.366 e. The second-order valence-corrected chi connectivity index (χ2v) is 5.23. The molecule has 0 radical (unpaired) electrons. The third kappa shape index (κ3) is 1.46. The molecule has 1 heterocycles. The van der Waals surface area contributed by atoms with Crippen LogP contribution in [0.2, 0.25) is 0 Å². The van der Waals surface area contributed by atoms with Crippen LogP contribution >= 0.6 is 15.9 Å². The Bertz CT molecular complexity index is 377. The van der Waals surface area contributed by atoms with Gasteiger partial charge in [-0.15, -0.1) is 0 Å². The average Bonchev–Trinajstić information content (AvgIpc) is 2.86. The second-order valence-electron chi connectivity index (χ2n) is 4.58. The average molecular weight is 267 g/mol. The first-order valence-electron chi connectivity index (χ1n) is 5.66. The van der Waals surface area contributed by atoms with Gasteiger partial charge in [0.25, 0.3) is 0 Å². The van der Waals surface area contributed by atoms with Crippen LogP contribution in [0.25, 0.3) is 0 Å². The highest BCUT2D eigenvalue weighted by Crippen LogP contribution is 2.48. The predicted molar refractivity (Wildman–Crippen MR) is 64.3 cm³/mol. The third-order valence-corrected chi connectivity index (χ3v) is 4.46. The minimum atomic E-state index is 0.0645. The van der Waals surface area contributed by atoms with Gasteiger partial charge in [0.2, 0.25) is 0 Å². The van der Waals surface area contributed by atoms with Gasteiger partial charge in [0.15, 0.2) is 0 Å². The van der Waals surface area contributed by atoms with Gasteiger partial charge in [-0.3, -0.25) is 0 Å². The van der Waals surface area contributed by atoms with E-state index in [1.54, 1.807) is 0 Å². The lowest BCUT2D eigenvalue weighted by Crippen LogP contribution is -2.23. The fraction of sp³-hybridized carbons (Fsp3) is 0.538. The van der Waals surface area contributed by atoms with Crippen LogP contribution in [-0.2, 0) is 16.8 Å². The number of halogens is 1. The number of ether oxygens (including phenoxy) is 1. The van der Waals surface area contributed by atoms with E-state index in [1.807, 2.05) is 0 Å². The summed E-state index contributed by atoms with van der Waals surface area (Å²) in [5.74, 6) is 0. The van der Waals surface area contributed by atoms with E-state index < -0.39 is 0 Å². The summed E-state index contributed by atoms with van der Waals surface area (Å²) in [7, 11) is 0. The van der Waals surface area contributed by atoms with Gasteiger partial charge < -0.3 is 4.74 Å². The van der Waals surface area contributed by atoms with Crippen molar-refractivity contribution < 1.29 is 4.74 Å². The van der Waals surface area contributed by atoms with E-state index in [0.717, 1.165) is 5.33 Å². The molecular weight excluding hydrogens is 252 g/mol. The van der Waals surface area contributed by atoms with Crippen LogP contribution in [0.5, 0.6) is 0 Å². The number of fused-ring (bicyclic) bond motifs is 2. The monoisotopic (exact) mass is 266 g/mol. The van der Waals surface area contributed by atoms with Crippen molar-refractivity contribution in [3.8, 4) is 0 Å². The molecule has 0 saturated carbocycles. The smallest absolute Gasteiger partial charge is 0.0942 e. The molecule has 0 amide bonds. The fourth-order valence-corrected chi connectivity index (χ4v) is 3.43. The van der Waals surface area contributed by atoms with Crippen molar-refractivity contribution in [3.63, 3.8) is 0 Å². The molecule has 15 heavy (non-hydrogen) atoms. The first-order chi connectivity index (χ1) is 7.34. The van der Waals surface area contributed by atoms with Crippen molar-refractivity contribution in [3.05, 3.63) is 35.4 Å². The van der Waals surface area contributed by atoms with E-state index >= 15 is 0 Å². The molecule has 2 heteroatoms. The Labute approximate surface area is 99.0 Å². The summed E-state index contributed by atoms with van der Waals surface area (Å²) < 4.78 is 6.24. The van der Waals surface area contributed by atoms with Crippen molar-refractivity contribution in [2.75, 3.05) is 5.33 Å². The van der Waals surface area contributed by atoms with E-state index in [-0.39, 0.29) is 5.60 Å². The lowest BCUT2D eigenvalue weighted by molar-refractivity contribution is -0.0346. The Kier molecular flexibility index (Phi) is 2.37. The van der Waals surface area contributed by atoms with Crippen molar-refractivity contribution in [1.82, 2.24) is 0 Å². The molecule has 2 atom stereocenters. The molecule has 3 rings (SSSR count). The molecule has 0 bridgehead atoms. The van der Waals surface area contributed by atoms with Gasteiger partial charge in [-0.25, -0.2) is 0 Å². The lowest BCUT2D eigenvalue weighted by atomic mass is 9.93. The molecule has 1 aromatic carbocycles. The Morgan fingerprint density at radius 2 is 2.20 bits per heavy atom. The molecule has 1 spiro atoms. The molecule has 1 aromatic rings. The minimum Gasteiger partial charge on any atom is -0.366 e. The summed E-state index contributed by atoms with van der Waals surface area (Å²) in [6, 6.07) is 8.76. The standard InChI is InChI=1S/C13H15BrO/c14-9-11-6-8-13(15-11)7-5-10-3-1-2-4-12(10)13/h1-4,11H,5-9H2. The van der Waals surface area contributed by atoms with E-state index in [0.29, 0.717) is 6.10 Å².